The van der Waals surface area contributed by atoms with Crippen molar-refractivity contribution in [1.82, 2.24) is 10.6 Å². The molecule has 2 saturated carbocycles. The lowest BCUT2D eigenvalue weighted by atomic mass is 9.88. The smallest absolute Gasteiger partial charge is 0.0724 e. The molecule has 3 aliphatic rings. The van der Waals surface area contributed by atoms with Crippen LogP contribution in [0.4, 0.5) is 0 Å². The first-order valence-corrected chi connectivity index (χ1v) is 8.40. The molecule has 3 rings (SSSR count). The summed E-state index contributed by atoms with van der Waals surface area (Å²) in [7, 11) is 1.87. The zero-order valence-corrected chi connectivity index (χ0v) is 12.4. The largest absolute Gasteiger partial charge is 0.380 e. The van der Waals surface area contributed by atoms with Crippen LogP contribution in [0.2, 0.25) is 0 Å². The van der Waals surface area contributed by atoms with Crippen molar-refractivity contribution in [2.24, 2.45) is 5.92 Å². The minimum Gasteiger partial charge on any atom is -0.380 e. The van der Waals surface area contributed by atoms with Crippen LogP contribution in [0.15, 0.2) is 0 Å². The maximum Gasteiger partial charge on any atom is 0.0724 e. The highest BCUT2D eigenvalue weighted by molar-refractivity contribution is 4.96. The molecule has 1 saturated heterocycles. The Hall–Kier alpha value is -0.120. The van der Waals surface area contributed by atoms with E-state index in [1.807, 2.05) is 7.11 Å². The van der Waals surface area contributed by atoms with Crippen molar-refractivity contribution in [3.05, 3.63) is 0 Å². The van der Waals surface area contributed by atoms with Crippen LogP contribution in [-0.4, -0.2) is 37.9 Å². The molecule has 0 aromatic rings. The highest BCUT2D eigenvalue weighted by Gasteiger charge is 2.37. The average molecular weight is 266 g/mol. The van der Waals surface area contributed by atoms with E-state index in [1.54, 1.807) is 0 Å². The standard InChI is InChI=1S/C16H30N2O/c1-19-16-10-5-9-15(16)18-14-8-4-6-12(14)13-7-2-3-11-17-13/h12-18H,2-11H2,1H3. The average Bonchev–Trinajstić information content (AvgIpc) is 3.09. The number of nitrogens with one attached hydrogen (secondary N) is 2. The Morgan fingerprint density at radius 2 is 1.74 bits per heavy atom. The molecule has 1 heterocycles. The number of piperidine rings is 1. The van der Waals surface area contributed by atoms with E-state index in [-0.39, 0.29) is 0 Å². The monoisotopic (exact) mass is 266 g/mol. The summed E-state index contributed by atoms with van der Waals surface area (Å²) in [6.45, 7) is 1.23. The van der Waals surface area contributed by atoms with E-state index in [0.29, 0.717) is 12.1 Å². The third-order valence-corrected chi connectivity index (χ3v) is 5.62. The van der Waals surface area contributed by atoms with E-state index < -0.39 is 0 Å². The Balaban J connectivity index is 1.56. The number of hydrogen-bond donors (Lipinski definition) is 2. The highest BCUT2D eigenvalue weighted by Crippen LogP contribution is 2.33. The Morgan fingerprint density at radius 1 is 0.895 bits per heavy atom. The number of ether oxygens (including phenoxy) is 1. The van der Waals surface area contributed by atoms with Gasteiger partial charge in [-0.2, -0.15) is 0 Å². The molecule has 0 amide bonds. The van der Waals surface area contributed by atoms with Gasteiger partial charge < -0.3 is 15.4 Å². The molecule has 0 bridgehead atoms. The Kier molecular flexibility index (Phi) is 4.78. The molecule has 2 N–H and O–H groups in total. The van der Waals surface area contributed by atoms with Crippen molar-refractivity contribution < 1.29 is 4.74 Å². The van der Waals surface area contributed by atoms with E-state index in [2.05, 4.69) is 10.6 Å². The predicted octanol–water partition coefficient (Wildman–Crippen LogP) is 2.45. The molecule has 110 valence electrons. The first kappa shape index (κ1) is 13.8. The molecule has 5 unspecified atom stereocenters. The number of rotatable bonds is 4. The van der Waals surface area contributed by atoms with Gasteiger partial charge in [0.2, 0.25) is 0 Å². The van der Waals surface area contributed by atoms with Crippen LogP contribution in [0.1, 0.15) is 57.8 Å². The fourth-order valence-corrected chi connectivity index (χ4v) is 4.60. The maximum atomic E-state index is 5.64. The van der Waals surface area contributed by atoms with Crippen molar-refractivity contribution in [1.29, 1.82) is 0 Å². The normalized spacial score (nSPS) is 43.7. The lowest BCUT2D eigenvalue weighted by Crippen LogP contribution is -2.51. The van der Waals surface area contributed by atoms with Gasteiger partial charge in [-0.15, -0.1) is 0 Å². The van der Waals surface area contributed by atoms with E-state index in [9.17, 15) is 0 Å². The third kappa shape index (κ3) is 3.14. The summed E-state index contributed by atoms with van der Waals surface area (Å²) in [6.07, 6.45) is 12.7. The van der Waals surface area contributed by atoms with Crippen LogP contribution >= 0.6 is 0 Å². The van der Waals surface area contributed by atoms with Crippen molar-refractivity contribution in [3.8, 4) is 0 Å². The first-order valence-electron chi connectivity index (χ1n) is 8.40. The maximum absolute atomic E-state index is 5.64. The molecule has 19 heavy (non-hydrogen) atoms. The van der Waals surface area contributed by atoms with E-state index >= 15 is 0 Å². The number of methoxy groups -OCH3 is 1. The van der Waals surface area contributed by atoms with Gasteiger partial charge in [-0.3, -0.25) is 0 Å². The zero-order valence-electron chi connectivity index (χ0n) is 12.4. The second-order valence-corrected chi connectivity index (χ2v) is 6.74. The van der Waals surface area contributed by atoms with Gasteiger partial charge in [-0.1, -0.05) is 12.8 Å². The molecular formula is C16H30N2O. The fraction of sp³-hybridized carbons (Fsp3) is 1.00. The molecule has 0 radical (unpaired) electrons. The van der Waals surface area contributed by atoms with Gasteiger partial charge >= 0.3 is 0 Å². The van der Waals surface area contributed by atoms with Gasteiger partial charge in [-0.05, 0) is 57.4 Å². The summed E-state index contributed by atoms with van der Waals surface area (Å²) in [4.78, 5) is 0. The van der Waals surface area contributed by atoms with Gasteiger partial charge in [-0.25, -0.2) is 0 Å². The molecule has 2 aliphatic carbocycles. The molecular weight excluding hydrogens is 236 g/mol. The molecule has 5 atom stereocenters. The molecule has 3 nitrogen and oxygen atoms in total. The molecule has 0 spiro atoms. The fourth-order valence-electron chi connectivity index (χ4n) is 4.60. The van der Waals surface area contributed by atoms with Gasteiger partial charge in [0.25, 0.3) is 0 Å². The quantitative estimate of drug-likeness (QED) is 0.820. The van der Waals surface area contributed by atoms with Crippen molar-refractivity contribution in [2.75, 3.05) is 13.7 Å². The highest BCUT2D eigenvalue weighted by atomic mass is 16.5. The molecule has 1 aliphatic heterocycles. The summed E-state index contributed by atoms with van der Waals surface area (Å²) < 4.78 is 5.64. The van der Waals surface area contributed by atoms with Gasteiger partial charge in [0.1, 0.15) is 0 Å². The summed E-state index contributed by atoms with van der Waals surface area (Å²) in [5.41, 5.74) is 0. The lowest BCUT2D eigenvalue weighted by Gasteiger charge is -2.35. The third-order valence-electron chi connectivity index (χ3n) is 5.62. The predicted molar refractivity (Wildman–Crippen MR) is 78.3 cm³/mol. The summed E-state index contributed by atoms with van der Waals surface area (Å²) >= 11 is 0. The Bertz CT molecular complexity index is 278. The summed E-state index contributed by atoms with van der Waals surface area (Å²) in [5.74, 6) is 0.860. The van der Waals surface area contributed by atoms with Crippen LogP contribution in [-0.2, 0) is 4.74 Å². The van der Waals surface area contributed by atoms with Crippen molar-refractivity contribution in [3.63, 3.8) is 0 Å². The lowest BCUT2D eigenvalue weighted by molar-refractivity contribution is 0.0773. The van der Waals surface area contributed by atoms with Crippen LogP contribution in [0, 0.1) is 5.92 Å². The van der Waals surface area contributed by atoms with E-state index in [0.717, 1.165) is 18.0 Å². The molecule has 3 fully saturated rings. The van der Waals surface area contributed by atoms with Crippen LogP contribution in [0.5, 0.6) is 0 Å². The minimum absolute atomic E-state index is 0.459. The summed E-state index contributed by atoms with van der Waals surface area (Å²) in [6, 6.07) is 2.12. The topological polar surface area (TPSA) is 33.3 Å². The second-order valence-electron chi connectivity index (χ2n) is 6.74. The summed E-state index contributed by atoms with van der Waals surface area (Å²) in [5, 5.41) is 7.73. The molecule has 3 heteroatoms. The zero-order chi connectivity index (χ0) is 13.1. The van der Waals surface area contributed by atoms with Crippen LogP contribution in [0.25, 0.3) is 0 Å². The van der Waals surface area contributed by atoms with E-state index in [4.69, 9.17) is 4.74 Å². The van der Waals surface area contributed by atoms with Crippen molar-refractivity contribution >= 4 is 0 Å². The number of hydrogen-bond acceptors (Lipinski definition) is 3. The van der Waals surface area contributed by atoms with Crippen LogP contribution in [0.3, 0.4) is 0 Å². The molecule has 0 aromatic carbocycles. The van der Waals surface area contributed by atoms with Gasteiger partial charge in [0, 0.05) is 25.2 Å². The van der Waals surface area contributed by atoms with Gasteiger partial charge in [0.15, 0.2) is 0 Å². The SMILES string of the molecule is COC1CCCC1NC1CCCC1C1CCCCN1. The Labute approximate surface area is 117 Å². The second kappa shape index (κ2) is 6.55. The Morgan fingerprint density at radius 3 is 2.53 bits per heavy atom. The van der Waals surface area contributed by atoms with Crippen LogP contribution < -0.4 is 10.6 Å². The minimum atomic E-state index is 0.459. The van der Waals surface area contributed by atoms with Crippen molar-refractivity contribution in [2.45, 2.75) is 82.0 Å². The van der Waals surface area contributed by atoms with Gasteiger partial charge in [0.05, 0.1) is 6.10 Å². The molecule has 0 aromatic heterocycles. The van der Waals surface area contributed by atoms with E-state index in [1.165, 1.54) is 64.3 Å². The first-order chi connectivity index (χ1) is 9.38.